The highest BCUT2D eigenvalue weighted by atomic mass is 16.2. The van der Waals surface area contributed by atoms with E-state index in [1.807, 2.05) is 35.6 Å². The molecule has 0 saturated carbocycles. The molecule has 1 saturated heterocycles. The van der Waals surface area contributed by atoms with Gasteiger partial charge in [-0.3, -0.25) is 4.79 Å². The summed E-state index contributed by atoms with van der Waals surface area (Å²) >= 11 is 0. The van der Waals surface area contributed by atoms with E-state index in [9.17, 15) is 4.79 Å². The Bertz CT molecular complexity index is 1060. The number of aryl methyl sites for hydroxylation is 2. The molecule has 152 valence electrons. The number of hydrogen-bond donors (Lipinski definition) is 0. The predicted octanol–water partition coefficient (Wildman–Crippen LogP) is 4.77. The lowest BCUT2D eigenvalue weighted by atomic mass is 10.0. The first-order valence-electron chi connectivity index (χ1n) is 10.4. The molecule has 30 heavy (non-hydrogen) atoms. The van der Waals surface area contributed by atoms with Crippen molar-refractivity contribution in [2.24, 2.45) is 5.92 Å². The third-order valence-corrected chi connectivity index (χ3v) is 5.84. The minimum atomic E-state index is 0.0665. The van der Waals surface area contributed by atoms with Gasteiger partial charge in [0.05, 0.1) is 12.9 Å². The maximum atomic E-state index is 12.9. The van der Waals surface area contributed by atoms with Crippen molar-refractivity contribution in [2.45, 2.75) is 39.3 Å². The second kappa shape index (κ2) is 8.96. The van der Waals surface area contributed by atoms with Crippen molar-refractivity contribution in [1.82, 2.24) is 14.5 Å². The Morgan fingerprint density at radius 3 is 2.77 bits per heavy atom. The lowest BCUT2D eigenvalue weighted by molar-refractivity contribution is -0.131. The van der Waals surface area contributed by atoms with Crippen LogP contribution in [0.1, 0.15) is 35.2 Å². The lowest BCUT2D eigenvalue weighted by Crippen LogP contribution is -2.27. The molecule has 4 rings (SSSR count). The van der Waals surface area contributed by atoms with Crippen molar-refractivity contribution < 1.29 is 4.79 Å². The topological polar surface area (TPSA) is 42.5 Å². The Morgan fingerprint density at radius 2 is 1.97 bits per heavy atom. The molecule has 1 aromatic heterocycles. The van der Waals surface area contributed by atoms with E-state index in [-0.39, 0.29) is 11.8 Å². The number of likely N-dealkylation sites (tertiary alicyclic amines) is 1. The van der Waals surface area contributed by atoms with E-state index in [0.717, 1.165) is 37.9 Å². The van der Waals surface area contributed by atoms with Crippen LogP contribution in [0, 0.1) is 19.4 Å². The van der Waals surface area contributed by atoms with Gasteiger partial charge in [0.2, 0.25) is 5.91 Å². The van der Waals surface area contributed by atoms with Crippen LogP contribution >= 0.6 is 0 Å². The van der Waals surface area contributed by atoms with Crippen molar-refractivity contribution >= 4 is 11.6 Å². The molecule has 0 N–H and O–H groups in total. The lowest BCUT2D eigenvalue weighted by Gasteiger charge is -2.17. The minimum Gasteiger partial charge on any atom is -0.338 e. The SMILES string of the molecule is [C-]#[N+]c1cccc(CN2CC[C@@H](CCc3cncn3Cc3ccc(C)cc3)C2=O)c1. The van der Waals surface area contributed by atoms with E-state index < -0.39 is 0 Å². The van der Waals surface area contributed by atoms with Gasteiger partial charge >= 0.3 is 0 Å². The second-order valence-electron chi connectivity index (χ2n) is 8.06. The van der Waals surface area contributed by atoms with Crippen LogP contribution in [0.3, 0.4) is 0 Å². The first kappa shape index (κ1) is 19.9. The van der Waals surface area contributed by atoms with Crippen LogP contribution < -0.4 is 0 Å². The summed E-state index contributed by atoms with van der Waals surface area (Å²) in [4.78, 5) is 22.6. The first-order valence-corrected chi connectivity index (χ1v) is 10.4. The molecule has 0 bridgehead atoms. The van der Waals surface area contributed by atoms with Gasteiger partial charge in [-0.25, -0.2) is 9.83 Å². The molecule has 1 fully saturated rings. The number of benzene rings is 2. The summed E-state index contributed by atoms with van der Waals surface area (Å²) in [7, 11) is 0. The highest BCUT2D eigenvalue weighted by molar-refractivity contribution is 5.80. The minimum absolute atomic E-state index is 0.0665. The summed E-state index contributed by atoms with van der Waals surface area (Å²) in [5.74, 6) is 0.296. The summed E-state index contributed by atoms with van der Waals surface area (Å²) in [5, 5.41) is 0. The molecule has 0 unspecified atom stereocenters. The largest absolute Gasteiger partial charge is 0.338 e. The molecule has 5 nitrogen and oxygen atoms in total. The molecule has 2 heterocycles. The van der Waals surface area contributed by atoms with Crippen LogP contribution in [0.2, 0.25) is 0 Å². The van der Waals surface area contributed by atoms with Crippen molar-refractivity contribution in [3.8, 4) is 0 Å². The smallest absolute Gasteiger partial charge is 0.226 e. The van der Waals surface area contributed by atoms with Crippen molar-refractivity contribution in [1.29, 1.82) is 0 Å². The number of aromatic nitrogens is 2. The van der Waals surface area contributed by atoms with E-state index in [1.165, 1.54) is 16.8 Å². The summed E-state index contributed by atoms with van der Waals surface area (Å²) in [5.41, 5.74) is 5.33. The normalized spacial score (nSPS) is 16.1. The van der Waals surface area contributed by atoms with Crippen molar-refractivity contribution in [3.05, 3.63) is 94.9 Å². The number of rotatable bonds is 7. The van der Waals surface area contributed by atoms with Crippen LogP contribution in [-0.4, -0.2) is 26.9 Å². The molecule has 1 atom stereocenters. The van der Waals surface area contributed by atoms with Crippen molar-refractivity contribution in [2.75, 3.05) is 6.54 Å². The maximum Gasteiger partial charge on any atom is 0.226 e. The van der Waals surface area contributed by atoms with Crippen LogP contribution in [0.5, 0.6) is 0 Å². The molecule has 1 aliphatic rings. The fraction of sp³-hybridized carbons (Fsp3) is 0.320. The molecule has 0 aliphatic carbocycles. The molecule has 0 radical (unpaired) electrons. The Labute approximate surface area is 177 Å². The number of carbonyl (C=O) groups is 1. The van der Waals surface area contributed by atoms with E-state index >= 15 is 0 Å². The maximum absolute atomic E-state index is 12.9. The van der Waals surface area contributed by atoms with Crippen LogP contribution in [0.4, 0.5) is 5.69 Å². The zero-order valence-electron chi connectivity index (χ0n) is 17.3. The number of imidazole rings is 1. The van der Waals surface area contributed by atoms with E-state index in [2.05, 4.69) is 45.6 Å². The number of hydrogen-bond acceptors (Lipinski definition) is 2. The average molecular weight is 399 g/mol. The Hall–Kier alpha value is -3.39. The van der Waals surface area contributed by atoms with Gasteiger partial charge in [0.15, 0.2) is 5.69 Å². The highest BCUT2D eigenvalue weighted by Crippen LogP contribution is 2.26. The Morgan fingerprint density at radius 1 is 1.13 bits per heavy atom. The molecular formula is C25H26N4O. The summed E-state index contributed by atoms with van der Waals surface area (Å²) in [6, 6.07) is 16.1. The first-order chi connectivity index (χ1) is 14.6. The van der Waals surface area contributed by atoms with Crippen molar-refractivity contribution in [3.63, 3.8) is 0 Å². The van der Waals surface area contributed by atoms with Gasteiger partial charge < -0.3 is 9.47 Å². The number of carbonyl (C=O) groups excluding carboxylic acids is 1. The highest BCUT2D eigenvalue weighted by Gasteiger charge is 2.31. The fourth-order valence-corrected chi connectivity index (χ4v) is 4.08. The van der Waals surface area contributed by atoms with E-state index in [4.69, 9.17) is 6.57 Å². The second-order valence-corrected chi connectivity index (χ2v) is 8.06. The number of amides is 1. The summed E-state index contributed by atoms with van der Waals surface area (Å²) in [6.07, 6.45) is 6.39. The molecular weight excluding hydrogens is 372 g/mol. The average Bonchev–Trinajstić information content (AvgIpc) is 3.35. The standard InChI is InChI=1S/C25H26N4O/c1-19-6-8-20(9-7-19)16-29-18-27-15-24(29)11-10-22-12-13-28(25(22)30)17-21-4-3-5-23(14-21)26-2/h3-9,14-15,18,22H,10-13,16-17H2,1H3/t22-/m1/s1. The predicted molar refractivity (Wildman–Crippen MR) is 117 cm³/mol. The van der Waals surface area contributed by atoms with Crippen LogP contribution in [0.25, 0.3) is 4.85 Å². The van der Waals surface area contributed by atoms with E-state index in [1.54, 1.807) is 6.07 Å². The van der Waals surface area contributed by atoms with E-state index in [0.29, 0.717) is 12.2 Å². The molecule has 1 aliphatic heterocycles. The third-order valence-electron chi connectivity index (χ3n) is 5.84. The van der Waals surface area contributed by atoms with Gasteiger partial charge in [-0.15, -0.1) is 0 Å². The Kier molecular flexibility index (Phi) is 5.94. The monoisotopic (exact) mass is 398 g/mol. The van der Waals surface area contributed by atoms with Crippen LogP contribution in [-0.2, 0) is 24.3 Å². The molecule has 0 spiro atoms. The van der Waals surface area contributed by atoms with Crippen LogP contribution in [0.15, 0.2) is 61.1 Å². The van der Waals surface area contributed by atoms with Gasteiger partial charge in [-0.1, -0.05) is 54.1 Å². The zero-order chi connectivity index (χ0) is 20.9. The molecule has 1 amide bonds. The van der Waals surface area contributed by atoms with Gasteiger partial charge in [-0.05, 0) is 37.3 Å². The molecule has 2 aromatic carbocycles. The Balaban J connectivity index is 1.34. The summed E-state index contributed by atoms with van der Waals surface area (Å²) in [6.45, 7) is 11.4. The quantitative estimate of drug-likeness (QED) is 0.538. The molecule has 3 aromatic rings. The van der Waals surface area contributed by atoms with Gasteiger partial charge in [-0.2, -0.15) is 0 Å². The van der Waals surface area contributed by atoms with Gasteiger partial charge in [0.1, 0.15) is 0 Å². The summed E-state index contributed by atoms with van der Waals surface area (Å²) < 4.78 is 2.18. The molecule has 5 heteroatoms. The third kappa shape index (κ3) is 4.60. The van der Waals surface area contributed by atoms with Gasteiger partial charge in [0, 0.05) is 37.4 Å². The fourth-order valence-electron chi connectivity index (χ4n) is 4.08. The number of nitrogens with zero attached hydrogens (tertiary/aromatic N) is 4. The van der Waals surface area contributed by atoms with Gasteiger partial charge in [0.25, 0.3) is 0 Å². The zero-order valence-corrected chi connectivity index (χ0v) is 17.3.